The minimum absolute atomic E-state index is 0.235. The number of methoxy groups -OCH3 is 1. The standard InChI is InChI=1S/C14H15FN2O/c1-18-14-9-17-7-6-11(14)13(16)8-10-4-2-3-5-12(10)15/h2-7,9,13H,8,16H2,1H3. The molecule has 0 aliphatic heterocycles. The van der Waals surface area contributed by atoms with Crippen molar-refractivity contribution < 1.29 is 9.13 Å². The van der Waals surface area contributed by atoms with E-state index in [1.165, 1.54) is 6.07 Å². The molecule has 0 saturated carbocycles. The van der Waals surface area contributed by atoms with Crippen LogP contribution in [0.25, 0.3) is 0 Å². The number of aromatic nitrogens is 1. The van der Waals surface area contributed by atoms with Crippen molar-refractivity contribution >= 4 is 0 Å². The highest BCUT2D eigenvalue weighted by molar-refractivity contribution is 5.34. The van der Waals surface area contributed by atoms with E-state index >= 15 is 0 Å². The quantitative estimate of drug-likeness (QED) is 0.901. The van der Waals surface area contributed by atoms with Gasteiger partial charge in [-0.1, -0.05) is 18.2 Å². The zero-order chi connectivity index (χ0) is 13.0. The van der Waals surface area contributed by atoms with Gasteiger partial charge in [-0.05, 0) is 24.1 Å². The molecule has 2 aromatic rings. The van der Waals surface area contributed by atoms with Crippen molar-refractivity contribution in [2.75, 3.05) is 7.11 Å². The first-order valence-electron chi connectivity index (χ1n) is 5.69. The van der Waals surface area contributed by atoms with E-state index < -0.39 is 0 Å². The molecule has 18 heavy (non-hydrogen) atoms. The van der Waals surface area contributed by atoms with Gasteiger partial charge in [0.25, 0.3) is 0 Å². The van der Waals surface area contributed by atoms with Crippen LogP contribution in [-0.4, -0.2) is 12.1 Å². The van der Waals surface area contributed by atoms with Gasteiger partial charge in [-0.15, -0.1) is 0 Å². The molecular weight excluding hydrogens is 231 g/mol. The summed E-state index contributed by atoms with van der Waals surface area (Å²) in [5.41, 5.74) is 7.53. The highest BCUT2D eigenvalue weighted by atomic mass is 19.1. The Morgan fingerprint density at radius 3 is 2.83 bits per heavy atom. The predicted molar refractivity (Wildman–Crippen MR) is 67.8 cm³/mol. The van der Waals surface area contributed by atoms with E-state index in [2.05, 4.69) is 4.98 Å². The number of ether oxygens (including phenoxy) is 1. The van der Waals surface area contributed by atoms with Crippen molar-refractivity contribution in [3.8, 4) is 5.75 Å². The summed E-state index contributed by atoms with van der Waals surface area (Å²) >= 11 is 0. The molecule has 0 aliphatic carbocycles. The molecule has 2 rings (SSSR count). The van der Waals surface area contributed by atoms with Crippen LogP contribution in [0.15, 0.2) is 42.7 Å². The van der Waals surface area contributed by atoms with Crippen LogP contribution in [-0.2, 0) is 6.42 Å². The molecule has 0 radical (unpaired) electrons. The van der Waals surface area contributed by atoms with Crippen LogP contribution in [0, 0.1) is 5.82 Å². The molecule has 1 aromatic carbocycles. The lowest BCUT2D eigenvalue weighted by Crippen LogP contribution is -2.15. The van der Waals surface area contributed by atoms with Crippen molar-refractivity contribution in [2.24, 2.45) is 5.73 Å². The fourth-order valence-electron chi connectivity index (χ4n) is 1.88. The maximum atomic E-state index is 13.5. The summed E-state index contributed by atoms with van der Waals surface area (Å²) in [4.78, 5) is 3.97. The summed E-state index contributed by atoms with van der Waals surface area (Å²) in [6.45, 7) is 0. The normalized spacial score (nSPS) is 12.2. The van der Waals surface area contributed by atoms with Crippen LogP contribution in [0.2, 0.25) is 0 Å². The first-order valence-corrected chi connectivity index (χ1v) is 5.69. The smallest absolute Gasteiger partial charge is 0.141 e. The Kier molecular flexibility index (Phi) is 3.89. The second-order valence-electron chi connectivity index (χ2n) is 4.02. The fraction of sp³-hybridized carbons (Fsp3) is 0.214. The zero-order valence-electron chi connectivity index (χ0n) is 10.1. The van der Waals surface area contributed by atoms with E-state index in [0.29, 0.717) is 17.7 Å². The van der Waals surface area contributed by atoms with Crippen LogP contribution in [0.3, 0.4) is 0 Å². The second kappa shape index (κ2) is 5.60. The molecule has 0 spiro atoms. The third kappa shape index (κ3) is 2.65. The summed E-state index contributed by atoms with van der Waals surface area (Å²) in [7, 11) is 1.57. The van der Waals surface area contributed by atoms with Crippen molar-refractivity contribution in [1.82, 2.24) is 4.98 Å². The van der Waals surface area contributed by atoms with E-state index in [1.54, 1.807) is 43.8 Å². The van der Waals surface area contributed by atoms with Crippen LogP contribution >= 0.6 is 0 Å². The van der Waals surface area contributed by atoms with Crippen molar-refractivity contribution in [2.45, 2.75) is 12.5 Å². The molecule has 1 aromatic heterocycles. The molecule has 4 heteroatoms. The number of nitrogens with two attached hydrogens (primary N) is 1. The van der Waals surface area contributed by atoms with E-state index in [0.717, 1.165) is 5.56 Å². The van der Waals surface area contributed by atoms with Gasteiger partial charge in [-0.3, -0.25) is 4.98 Å². The van der Waals surface area contributed by atoms with Crippen molar-refractivity contribution in [3.63, 3.8) is 0 Å². The molecule has 0 fully saturated rings. The lowest BCUT2D eigenvalue weighted by atomic mass is 9.99. The Morgan fingerprint density at radius 1 is 1.33 bits per heavy atom. The van der Waals surface area contributed by atoms with Crippen LogP contribution in [0.4, 0.5) is 4.39 Å². The Hall–Kier alpha value is -1.94. The van der Waals surface area contributed by atoms with Gasteiger partial charge >= 0.3 is 0 Å². The number of nitrogens with zero attached hydrogens (tertiary/aromatic N) is 1. The molecule has 2 N–H and O–H groups in total. The Bertz CT molecular complexity index is 531. The van der Waals surface area contributed by atoms with Gasteiger partial charge in [0, 0.05) is 17.8 Å². The highest BCUT2D eigenvalue weighted by Gasteiger charge is 2.14. The maximum Gasteiger partial charge on any atom is 0.141 e. The monoisotopic (exact) mass is 246 g/mol. The van der Waals surface area contributed by atoms with E-state index in [-0.39, 0.29) is 11.9 Å². The Labute approximate surface area is 105 Å². The minimum atomic E-state index is -0.320. The number of hydrogen-bond acceptors (Lipinski definition) is 3. The molecule has 94 valence electrons. The molecule has 3 nitrogen and oxygen atoms in total. The first kappa shape index (κ1) is 12.5. The molecule has 1 unspecified atom stereocenters. The number of hydrogen-bond donors (Lipinski definition) is 1. The molecule has 0 bridgehead atoms. The minimum Gasteiger partial charge on any atom is -0.495 e. The van der Waals surface area contributed by atoms with Crippen molar-refractivity contribution in [1.29, 1.82) is 0 Å². The average molecular weight is 246 g/mol. The summed E-state index contributed by atoms with van der Waals surface area (Å²) < 4.78 is 18.7. The Balaban J connectivity index is 2.22. The molecule has 0 saturated heterocycles. The van der Waals surface area contributed by atoms with Gasteiger partial charge in [0.2, 0.25) is 0 Å². The summed E-state index contributed by atoms with van der Waals surface area (Å²) in [6, 6.07) is 8.12. The van der Waals surface area contributed by atoms with Gasteiger partial charge in [0.05, 0.1) is 13.3 Å². The topological polar surface area (TPSA) is 48.1 Å². The third-order valence-corrected chi connectivity index (χ3v) is 2.83. The number of rotatable bonds is 4. The van der Waals surface area contributed by atoms with Crippen molar-refractivity contribution in [3.05, 3.63) is 59.7 Å². The van der Waals surface area contributed by atoms with Crippen LogP contribution in [0.1, 0.15) is 17.2 Å². The third-order valence-electron chi connectivity index (χ3n) is 2.83. The zero-order valence-corrected chi connectivity index (χ0v) is 10.1. The molecule has 0 amide bonds. The SMILES string of the molecule is COc1cnccc1C(N)Cc1ccccc1F. The number of benzene rings is 1. The molecular formula is C14H15FN2O. The lowest BCUT2D eigenvalue weighted by Gasteiger charge is -2.15. The van der Waals surface area contributed by atoms with Crippen LogP contribution in [0.5, 0.6) is 5.75 Å². The highest BCUT2D eigenvalue weighted by Crippen LogP contribution is 2.25. The predicted octanol–water partition coefficient (Wildman–Crippen LogP) is 2.47. The van der Waals surface area contributed by atoms with E-state index in [4.69, 9.17) is 10.5 Å². The maximum absolute atomic E-state index is 13.5. The van der Waals surface area contributed by atoms with Gasteiger partial charge in [0.15, 0.2) is 0 Å². The summed E-state index contributed by atoms with van der Waals surface area (Å²) in [5.74, 6) is 0.391. The molecule has 1 heterocycles. The van der Waals surface area contributed by atoms with E-state index in [9.17, 15) is 4.39 Å². The number of halogens is 1. The molecule has 0 aliphatic rings. The van der Waals surface area contributed by atoms with Crippen LogP contribution < -0.4 is 10.5 Å². The average Bonchev–Trinajstić information content (AvgIpc) is 2.41. The first-order chi connectivity index (χ1) is 8.72. The largest absolute Gasteiger partial charge is 0.495 e. The number of pyridine rings is 1. The molecule has 1 atom stereocenters. The summed E-state index contributed by atoms with van der Waals surface area (Å²) in [5, 5.41) is 0. The fourth-order valence-corrected chi connectivity index (χ4v) is 1.88. The van der Waals surface area contributed by atoms with Gasteiger partial charge in [-0.25, -0.2) is 4.39 Å². The van der Waals surface area contributed by atoms with Gasteiger partial charge in [0.1, 0.15) is 11.6 Å². The Morgan fingerprint density at radius 2 is 2.11 bits per heavy atom. The van der Waals surface area contributed by atoms with E-state index in [1.807, 2.05) is 0 Å². The van der Waals surface area contributed by atoms with Gasteiger partial charge < -0.3 is 10.5 Å². The summed E-state index contributed by atoms with van der Waals surface area (Å²) in [6.07, 6.45) is 3.68. The van der Waals surface area contributed by atoms with Gasteiger partial charge in [-0.2, -0.15) is 0 Å². The second-order valence-corrected chi connectivity index (χ2v) is 4.02. The lowest BCUT2D eigenvalue weighted by molar-refractivity contribution is 0.403.